The second kappa shape index (κ2) is 7.65. The van der Waals surface area contributed by atoms with E-state index in [4.69, 9.17) is 17.3 Å². The van der Waals surface area contributed by atoms with Gasteiger partial charge in [-0.1, -0.05) is 11.6 Å². The summed E-state index contributed by atoms with van der Waals surface area (Å²) in [4.78, 5) is 16.3. The Morgan fingerprint density at radius 3 is 2.96 bits per heavy atom. The van der Waals surface area contributed by atoms with Gasteiger partial charge in [-0.3, -0.25) is 4.79 Å². The van der Waals surface area contributed by atoms with Gasteiger partial charge in [0.1, 0.15) is 5.82 Å². The first kappa shape index (κ1) is 16.8. The second-order valence-corrected chi connectivity index (χ2v) is 5.39. The summed E-state index contributed by atoms with van der Waals surface area (Å²) in [6.45, 7) is 4.59. The number of carbonyl (C=O) groups excluding carboxylic acids is 1. The summed E-state index contributed by atoms with van der Waals surface area (Å²) < 4.78 is 0. The normalized spacial score (nSPS) is 10.7. The zero-order valence-electron chi connectivity index (χ0n) is 13.1. The van der Waals surface area contributed by atoms with Crippen LogP contribution in [0.5, 0.6) is 0 Å². The molecule has 0 atom stereocenters. The number of amides is 1. The number of halogens is 1. The molecule has 5 nitrogen and oxygen atoms in total. The molecule has 23 heavy (non-hydrogen) atoms. The highest BCUT2D eigenvalue weighted by atomic mass is 35.5. The third-order valence-electron chi connectivity index (χ3n) is 3.19. The molecule has 0 saturated heterocycles. The van der Waals surface area contributed by atoms with Gasteiger partial charge in [-0.15, -0.1) is 0 Å². The molecule has 0 radical (unpaired) electrons. The van der Waals surface area contributed by atoms with Crippen molar-refractivity contribution in [3.8, 4) is 0 Å². The lowest BCUT2D eigenvalue weighted by Crippen LogP contribution is -2.10. The van der Waals surface area contributed by atoms with Gasteiger partial charge in [-0.2, -0.15) is 0 Å². The number of nitrogens with zero attached hydrogens (tertiary/aromatic N) is 1. The fourth-order valence-corrected chi connectivity index (χ4v) is 2.18. The number of aryl methyl sites for hydroxylation is 1. The topological polar surface area (TPSA) is 80.0 Å². The van der Waals surface area contributed by atoms with Gasteiger partial charge in [0.05, 0.1) is 11.4 Å². The summed E-state index contributed by atoms with van der Waals surface area (Å²) in [5, 5.41) is 6.46. The molecule has 6 heteroatoms. The van der Waals surface area contributed by atoms with E-state index in [0.29, 0.717) is 16.4 Å². The lowest BCUT2D eigenvalue weighted by atomic mass is 10.2. The zero-order valence-corrected chi connectivity index (χ0v) is 13.8. The number of aromatic nitrogens is 1. The van der Waals surface area contributed by atoms with E-state index in [2.05, 4.69) is 15.6 Å². The predicted octanol–water partition coefficient (Wildman–Crippen LogP) is 3.71. The average molecular weight is 331 g/mol. The lowest BCUT2D eigenvalue weighted by Gasteiger charge is -2.09. The average Bonchev–Trinajstić information content (AvgIpc) is 2.52. The van der Waals surface area contributed by atoms with Gasteiger partial charge < -0.3 is 16.4 Å². The Bertz CT molecular complexity index is 743. The summed E-state index contributed by atoms with van der Waals surface area (Å²) in [6.07, 6.45) is 4.85. The third-order valence-corrected chi connectivity index (χ3v) is 3.59. The van der Waals surface area contributed by atoms with Crippen molar-refractivity contribution in [2.24, 2.45) is 0 Å². The molecule has 2 rings (SSSR count). The molecule has 0 unspecified atom stereocenters. The molecule has 0 saturated carbocycles. The van der Waals surface area contributed by atoms with Gasteiger partial charge in [0.2, 0.25) is 5.91 Å². The number of pyridine rings is 1. The third kappa shape index (κ3) is 4.47. The first-order chi connectivity index (χ1) is 11.0. The van der Waals surface area contributed by atoms with E-state index in [1.54, 1.807) is 24.4 Å². The molecular weight excluding hydrogens is 312 g/mol. The molecule has 0 aliphatic heterocycles. The minimum Gasteiger partial charge on any atom is -0.397 e. The van der Waals surface area contributed by atoms with Crippen LogP contribution in [0.2, 0.25) is 5.02 Å². The van der Waals surface area contributed by atoms with E-state index in [-0.39, 0.29) is 5.91 Å². The zero-order chi connectivity index (χ0) is 16.8. The van der Waals surface area contributed by atoms with Crippen LogP contribution in [0.25, 0.3) is 6.08 Å². The number of hydrogen-bond acceptors (Lipinski definition) is 4. The number of hydrogen-bond donors (Lipinski definition) is 3. The van der Waals surface area contributed by atoms with Crippen molar-refractivity contribution in [3.05, 3.63) is 52.7 Å². The van der Waals surface area contributed by atoms with Gasteiger partial charge in [-0.25, -0.2) is 4.98 Å². The van der Waals surface area contributed by atoms with Gasteiger partial charge >= 0.3 is 0 Å². The number of carbonyl (C=O) groups is 1. The maximum Gasteiger partial charge on any atom is 0.248 e. The minimum atomic E-state index is -0.273. The van der Waals surface area contributed by atoms with Crippen molar-refractivity contribution in [2.75, 3.05) is 22.9 Å². The van der Waals surface area contributed by atoms with Crippen LogP contribution in [0, 0.1) is 6.92 Å². The van der Waals surface area contributed by atoms with Crippen molar-refractivity contribution >= 4 is 40.8 Å². The molecule has 120 valence electrons. The smallest absolute Gasteiger partial charge is 0.248 e. The van der Waals surface area contributed by atoms with Crippen LogP contribution in [0.15, 0.2) is 36.5 Å². The quantitative estimate of drug-likeness (QED) is 0.576. The van der Waals surface area contributed by atoms with E-state index < -0.39 is 0 Å². The van der Waals surface area contributed by atoms with Crippen LogP contribution in [0.4, 0.5) is 17.2 Å². The number of nitrogen functional groups attached to an aromatic ring is 1. The van der Waals surface area contributed by atoms with E-state index in [9.17, 15) is 4.79 Å². The maximum absolute atomic E-state index is 12.1. The standard InChI is InChI=1S/C17H19ClN4O/c1-3-20-17-12(5-4-8-21-17)6-7-16(23)22-15-9-11(2)13(18)10-14(15)19/h4-10H,3,19H2,1-2H3,(H,20,21)(H,22,23)/b7-6+. The molecule has 0 aliphatic carbocycles. The highest BCUT2D eigenvalue weighted by Crippen LogP contribution is 2.26. The van der Waals surface area contributed by atoms with Crippen molar-refractivity contribution in [1.82, 2.24) is 4.98 Å². The van der Waals surface area contributed by atoms with Crippen molar-refractivity contribution < 1.29 is 4.79 Å². The molecule has 1 aromatic carbocycles. The van der Waals surface area contributed by atoms with Crippen LogP contribution in [0.3, 0.4) is 0 Å². The molecular formula is C17H19ClN4O. The second-order valence-electron chi connectivity index (χ2n) is 4.98. The maximum atomic E-state index is 12.1. The predicted molar refractivity (Wildman–Crippen MR) is 96.7 cm³/mol. The molecule has 1 amide bonds. The minimum absolute atomic E-state index is 0.273. The molecule has 1 heterocycles. The first-order valence-corrected chi connectivity index (χ1v) is 7.62. The Morgan fingerprint density at radius 1 is 1.43 bits per heavy atom. The van der Waals surface area contributed by atoms with Crippen LogP contribution in [-0.4, -0.2) is 17.4 Å². The molecule has 0 aliphatic rings. The Morgan fingerprint density at radius 2 is 2.22 bits per heavy atom. The van der Waals surface area contributed by atoms with E-state index in [1.807, 2.05) is 26.0 Å². The number of nitrogens with two attached hydrogens (primary N) is 1. The Labute approximate surface area is 140 Å². The first-order valence-electron chi connectivity index (χ1n) is 7.24. The van der Waals surface area contributed by atoms with Gasteiger partial charge in [0, 0.05) is 29.4 Å². The Balaban J connectivity index is 2.12. The van der Waals surface area contributed by atoms with Gasteiger partial charge in [-0.05, 0) is 49.8 Å². The van der Waals surface area contributed by atoms with E-state index in [1.165, 1.54) is 6.08 Å². The van der Waals surface area contributed by atoms with Crippen LogP contribution >= 0.6 is 11.6 Å². The molecule has 0 fully saturated rings. The summed E-state index contributed by atoms with van der Waals surface area (Å²) in [5.41, 5.74) is 8.52. The summed E-state index contributed by atoms with van der Waals surface area (Å²) in [5.74, 6) is 0.464. The largest absolute Gasteiger partial charge is 0.397 e. The van der Waals surface area contributed by atoms with Crippen LogP contribution < -0.4 is 16.4 Å². The summed E-state index contributed by atoms with van der Waals surface area (Å²) in [6, 6.07) is 7.08. The highest BCUT2D eigenvalue weighted by Gasteiger charge is 2.06. The van der Waals surface area contributed by atoms with Gasteiger partial charge in [0.25, 0.3) is 0 Å². The number of nitrogens with one attached hydrogen (secondary N) is 2. The van der Waals surface area contributed by atoms with Crippen LogP contribution in [0.1, 0.15) is 18.1 Å². The van der Waals surface area contributed by atoms with Gasteiger partial charge in [0.15, 0.2) is 0 Å². The molecule has 4 N–H and O–H groups in total. The lowest BCUT2D eigenvalue weighted by molar-refractivity contribution is -0.111. The highest BCUT2D eigenvalue weighted by molar-refractivity contribution is 6.31. The van der Waals surface area contributed by atoms with Crippen molar-refractivity contribution in [1.29, 1.82) is 0 Å². The fourth-order valence-electron chi connectivity index (χ4n) is 2.01. The molecule has 1 aromatic heterocycles. The molecule has 0 bridgehead atoms. The molecule has 0 spiro atoms. The van der Waals surface area contributed by atoms with E-state index in [0.717, 1.165) is 23.5 Å². The number of benzene rings is 1. The summed E-state index contributed by atoms with van der Waals surface area (Å²) in [7, 11) is 0. The fraction of sp³-hybridized carbons (Fsp3) is 0.176. The van der Waals surface area contributed by atoms with E-state index >= 15 is 0 Å². The van der Waals surface area contributed by atoms with Crippen molar-refractivity contribution in [3.63, 3.8) is 0 Å². The summed E-state index contributed by atoms with van der Waals surface area (Å²) >= 11 is 5.99. The van der Waals surface area contributed by atoms with Crippen molar-refractivity contribution in [2.45, 2.75) is 13.8 Å². The number of rotatable bonds is 5. The monoisotopic (exact) mass is 330 g/mol. The molecule has 2 aromatic rings. The SMILES string of the molecule is CCNc1ncccc1/C=C/C(=O)Nc1cc(C)c(Cl)cc1N. The van der Waals surface area contributed by atoms with Crippen LogP contribution in [-0.2, 0) is 4.79 Å². The number of anilines is 3. The Kier molecular flexibility index (Phi) is 5.60. The Hall–Kier alpha value is -2.53.